The van der Waals surface area contributed by atoms with Crippen LogP contribution in [0.2, 0.25) is 0 Å². The smallest absolute Gasteiger partial charge is 0.319 e. The predicted molar refractivity (Wildman–Crippen MR) is 92.5 cm³/mol. The van der Waals surface area contributed by atoms with Crippen LogP contribution in [0.5, 0.6) is 0 Å². The molecule has 3 amide bonds. The predicted octanol–water partition coefficient (Wildman–Crippen LogP) is 3.24. The summed E-state index contributed by atoms with van der Waals surface area (Å²) in [6, 6.07) is 11.4. The lowest BCUT2D eigenvalue weighted by Crippen LogP contribution is -2.41. The first-order chi connectivity index (χ1) is 11.8. The van der Waals surface area contributed by atoms with Crippen LogP contribution in [0.1, 0.15) is 22.8 Å². The number of hydrogen-bond donors (Lipinski definition) is 1. The number of hydrogen-bond acceptors (Lipinski definition) is 3. The Morgan fingerprint density at radius 3 is 2.44 bits per heavy atom. The van der Waals surface area contributed by atoms with E-state index in [-0.39, 0.29) is 5.56 Å². The van der Waals surface area contributed by atoms with Gasteiger partial charge in [0.2, 0.25) is 0 Å². The molecule has 1 fully saturated rings. The molecule has 0 aliphatic carbocycles. The van der Waals surface area contributed by atoms with E-state index in [1.54, 1.807) is 31.2 Å². The van der Waals surface area contributed by atoms with Gasteiger partial charge in [-0.2, -0.15) is 0 Å². The van der Waals surface area contributed by atoms with Gasteiger partial charge in [-0.05, 0) is 37.3 Å². The molecule has 7 heteroatoms. The number of carbonyl (C=O) groups excluding carboxylic acids is 3. The standard InChI is InChI=1S/C18H14BrFN2O3/c1-18(13-4-2-3-5-14(13)19)16(24)22(17(25)21-18)10-15(23)11-6-8-12(20)9-7-11/h2-9H,10H2,1H3,(H,21,25)/t18-/m1/s1. The van der Waals surface area contributed by atoms with Crippen molar-refractivity contribution in [2.24, 2.45) is 0 Å². The molecule has 1 N–H and O–H groups in total. The molecule has 1 atom stereocenters. The molecule has 5 nitrogen and oxygen atoms in total. The van der Waals surface area contributed by atoms with E-state index in [4.69, 9.17) is 0 Å². The molecule has 0 saturated carbocycles. The molecule has 0 spiro atoms. The van der Waals surface area contributed by atoms with Crippen molar-refractivity contribution in [1.29, 1.82) is 0 Å². The van der Waals surface area contributed by atoms with E-state index in [0.29, 0.717) is 10.0 Å². The van der Waals surface area contributed by atoms with Crippen LogP contribution in [0.3, 0.4) is 0 Å². The van der Waals surface area contributed by atoms with Crippen molar-refractivity contribution in [2.45, 2.75) is 12.5 Å². The fraction of sp³-hybridized carbons (Fsp3) is 0.167. The minimum atomic E-state index is -1.26. The van der Waals surface area contributed by atoms with Gasteiger partial charge in [0.05, 0.1) is 6.54 Å². The van der Waals surface area contributed by atoms with Crippen LogP contribution in [0.25, 0.3) is 0 Å². The Morgan fingerprint density at radius 1 is 1.16 bits per heavy atom. The van der Waals surface area contributed by atoms with Crippen LogP contribution < -0.4 is 5.32 Å². The SMILES string of the molecule is C[C@]1(c2ccccc2Br)NC(=O)N(CC(=O)c2ccc(F)cc2)C1=O. The number of carbonyl (C=O) groups is 3. The van der Waals surface area contributed by atoms with Crippen molar-refractivity contribution < 1.29 is 18.8 Å². The van der Waals surface area contributed by atoms with Crippen molar-refractivity contribution in [3.63, 3.8) is 0 Å². The summed E-state index contributed by atoms with van der Waals surface area (Å²) >= 11 is 3.38. The quantitative estimate of drug-likeness (QED) is 0.628. The Labute approximate surface area is 151 Å². The molecule has 25 heavy (non-hydrogen) atoms. The average Bonchev–Trinajstić information content (AvgIpc) is 2.80. The number of ketones is 1. The van der Waals surface area contributed by atoms with E-state index in [0.717, 1.165) is 17.0 Å². The molecule has 3 rings (SSSR count). The molecule has 2 aromatic rings. The van der Waals surface area contributed by atoms with E-state index >= 15 is 0 Å². The van der Waals surface area contributed by atoms with Gasteiger partial charge in [-0.15, -0.1) is 0 Å². The highest BCUT2D eigenvalue weighted by atomic mass is 79.9. The van der Waals surface area contributed by atoms with E-state index < -0.39 is 35.6 Å². The Kier molecular flexibility index (Phi) is 4.43. The molecule has 0 unspecified atom stereocenters. The van der Waals surface area contributed by atoms with Crippen molar-refractivity contribution in [1.82, 2.24) is 10.2 Å². The highest BCUT2D eigenvalue weighted by molar-refractivity contribution is 9.10. The van der Waals surface area contributed by atoms with Gasteiger partial charge in [-0.1, -0.05) is 34.1 Å². The third-order valence-corrected chi connectivity index (χ3v) is 4.85. The minimum absolute atomic E-state index is 0.233. The number of imide groups is 1. The molecular weight excluding hydrogens is 391 g/mol. The Hall–Kier alpha value is -2.54. The number of halogens is 2. The number of nitrogens with zero attached hydrogens (tertiary/aromatic N) is 1. The van der Waals surface area contributed by atoms with Crippen LogP contribution >= 0.6 is 15.9 Å². The van der Waals surface area contributed by atoms with E-state index in [2.05, 4.69) is 21.2 Å². The number of rotatable bonds is 4. The van der Waals surface area contributed by atoms with Gasteiger partial charge in [0.25, 0.3) is 5.91 Å². The molecule has 0 bridgehead atoms. The number of Topliss-reactive ketones (excluding diaryl/α,β-unsaturated/α-hetero) is 1. The first-order valence-electron chi connectivity index (χ1n) is 7.51. The molecular formula is C18H14BrFN2O3. The normalized spacial score (nSPS) is 19.9. The zero-order chi connectivity index (χ0) is 18.2. The minimum Gasteiger partial charge on any atom is -0.319 e. The van der Waals surface area contributed by atoms with E-state index in [1.165, 1.54) is 12.1 Å². The second-order valence-electron chi connectivity index (χ2n) is 5.86. The molecule has 1 saturated heterocycles. The zero-order valence-corrected chi connectivity index (χ0v) is 14.8. The summed E-state index contributed by atoms with van der Waals surface area (Å²) in [5, 5.41) is 2.65. The van der Waals surface area contributed by atoms with Crippen molar-refractivity contribution in [2.75, 3.05) is 6.54 Å². The second kappa shape index (κ2) is 6.40. The van der Waals surface area contributed by atoms with Gasteiger partial charge < -0.3 is 5.32 Å². The number of amides is 3. The van der Waals surface area contributed by atoms with Gasteiger partial charge >= 0.3 is 6.03 Å². The van der Waals surface area contributed by atoms with Gasteiger partial charge in [-0.25, -0.2) is 9.18 Å². The Bertz CT molecular complexity index is 869. The highest BCUT2D eigenvalue weighted by Gasteiger charge is 2.50. The lowest BCUT2D eigenvalue weighted by Gasteiger charge is -2.23. The largest absolute Gasteiger partial charge is 0.325 e. The first kappa shape index (κ1) is 17.3. The summed E-state index contributed by atoms with van der Waals surface area (Å²) in [7, 11) is 0. The monoisotopic (exact) mass is 404 g/mol. The lowest BCUT2D eigenvalue weighted by molar-refractivity contribution is -0.130. The van der Waals surface area contributed by atoms with Gasteiger partial charge in [0.1, 0.15) is 11.4 Å². The fourth-order valence-electron chi connectivity index (χ4n) is 2.76. The first-order valence-corrected chi connectivity index (χ1v) is 8.30. The Balaban J connectivity index is 1.85. The van der Waals surface area contributed by atoms with Gasteiger partial charge in [-0.3, -0.25) is 14.5 Å². The van der Waals surface area contributed by atoms with Crippen LogP contribution in [0.15, 0.2) is 53.0 Å². The second-order valence-corrected chi connectivity index (χ2v) is 6.71. The number of benzene rings is 2. The highest BCUT2D eigenvalue weighted by Crippen LogP contribution is 2.33. The summed E-state index contributed by atoms with van der Waals surface area (Å²) in [4.78, 5) is 38.3. The third-order valence-electron chi connectivity index (χ3n) is 4.16. The van der Waals surface area contributed by atoms with Gasteiger partial charge in [0, 0.05) is 15.6 Å². The number of urea groups is 1. The summed E-state index contributed by atoms with van der Waals surface area (Å²) in [6.45, 7) is 1.19. The summed E-state index contributed by atoms with van der Waals surface area (Å²) in [5.74, 6) is -1.42. The molecule has 1 aliphatic heterocycles. The van der Waals surface area contributed by atoms with Gasteiger partial charge in [0.15, 0.2) is 5.78 Å². The van der Waals surface area contributed by atoms with E-state index in [1.807, 2.05) is 0 Å². The van der Waals surface area contributed by atoms with Crippen LogP contribution in [0, 0.1) is 5.82 Å². The van der Waals surface area contributed by atoms with Crippen LogP contribution in [-0.4, -0.2) is 29.2 Å². The maximum atomic E-state index is 13.0. The van der Waals surface area contributed by atoms with Crippen LogP contribution in [0.4, 0.5) is 9.18 Å². The van der Waals surface area contributed by atoms with Crippen molar-refractivity contribution >= 4 is 33.7 Å². The molecule has 1 aliphatic rings. The maximum absolute atomic E-state index is 13.0. The molecule has 0 radical (unpaired) electrons. The summed E-state index contributed by atoms with van der Waals surface area (Å²) < 4.78 is 13.6. The third kappa shape index (κ3) is 3.07. The molecule has 0 aromatic heterocycles. The summed E-state index contributed by atoms with van der Waals surface area (Å²) in [6.07, 6.45) is 0. The Morgan fingerprint density at radius 2 is 1.80 bits per heavy atom. The summed E-state index contributed by atoms with van der Waals surface area (Å²) in [5.41, 5.74) is -0.429. The molecule has 128 valence electrons. The molecule has 2 aromatic carbocycles. The van der Waals surface area contributed by atoms with Crippen molar-refractivity contribution in [3.8, 4) is 0 Å². The topological polar surface area (TPSA) is 66.5 Å². The number of nitrogens with one attached hydrogen (secondary N) is 1. The zero-order valence-electron chi connectivity index (χ0n) is 13.3. The fourth-order valence-corrected chi connectivity index (χ4v) is 3.44. The van der Waals surface area contributed by atoms with E-state index in [9.17, 15) is 18.8 Å². The maximum Gasteiger partial charge on any atom is 0.325 e. The molecule has 1 heterocycles. The van der Waals surface area contributed by atoms with Crippen LogP contribution in [-0.2, 0) is 10.3 Å². The average molecular weight is 405 g/mol. The van der Waals surface area contributed by atoms with Crippen molar-refractivity contribution in [3.05, 3.63) is 69.9 Å². The lowest BCUT2D eigenvalue weighted by atomic mass is 9.92.